The lowest BCUT2D eigenvalue weighted by Gasteiger charge is -2.31. The summed E-state index contributed by atoms with van der Waals surface area (Å²) in [7, 11) is -8.66. The average molecular weight is 818 g/mol. The zero-order valence-electron chi connectivity index (χ0n) is 30.0. The first-order chi connectivity index (χ1) is 24.0. The molecule has 5 rings (SSSR count). The minimum atomic E-state index is -4.33. The highest BCUT2D eigenvalue weighted by molar-refractivity contribution is 8.03. The van der Waals surface area contributed by atoms with Crippen molar-refractivity contribution in [1.29, 1.82) is 0 Å². The minimum absolute atomic E-state index is 0.0602. The van der Waals surface area contributed by atoms with Crippen LogP contribution < -0.4 is 14.8 Å². The highest BCUT2D eigenvalue weighted by Gasteiger charge is 2.30. The Morgan fingerprint density at radius 3 is 2.18 bits per heavy atom. The number of thioether (sulfide) groups is 1. The van der Waals surface area contributed by atoms with Crippen LogP contribution in [-0.2, 0) is 26.8 Å². The van der Waals surface area contributed by atoms with Crippen molar-refractivity contribution in [2.75, 3.05) is 36.0 Å². The van der Waals surface area contributed by atoms with Crippen molar-refractivity contribution < 1.29 is 30.5 Å². The Hall–Kier alpha value is -1.94. The van der Waals surface area contributed by atoms with E-state index in [0.717, 1.165) is 67.9 Å². The predicted molar refractivity (Wildman–Crippen MR) is 213 cm³/mol. The molecule has 0 saturated carbocycles. The van der Waals surface area contributed by atoms with Gasteiger partial charge in [0.15, 0.2) is 6.54 Å². The van der Waals surface area contributed by atoms with Gasteiger partial charge in [-0.3, -0.25) is 0 Å². The number of rotatable bonds is 12. The van der Waals surface area contributed by atoms with Crippen LogP contribution >= 0.6 is 46.3 Å². The molecule has 0 fully saturated rings. The number of fused-ring (bicyclic) bond motifs is 2. The summed E-state index contributed by atoms with van der Waals surface area (Å²) in [5.41, 5.74) is 3.91. The van der Waals surface area contributed by atoms with Crippen LogP contribution in [0.3, 0.4) is 0 Å². The molecule has 0 atom stereocenters. The number of hydrogen-bond acceptors (Lipinski definition) is 10. The number of nitrogens with zero attached hydrogens (tertiary/aromatic N) is 2. The van der Waals surface area contributed by atoms with Crippen LogP contribution in [0.15, 0.2) is 69.6 Å². The summed E-state index contributed by atoms with van der Waals surface area (Å²) in [4.78, 5) is 3.03. The molecule has 1 aliphatic carbocycles. The summed E-state index contributed by atoms with van der Waals surface area (Å²) < 4.78 is 70.7. The Labute approximate surface area is 322 Å². The summed E-state index contributed by atoms with van der Waals surface area (Å²) in [6, 6.07) is 11.2. The van der Waals surface area contributed by atoms with E-state index in [2.05, 4.69) is 51.2 Å². The third kappa shape index (κ3) is 13.8. The molecule has 15 heteroatoms. The van der Waals surface area contributed by atoms with E-state index in [1.165, 1.54) is 0 Å². The number of thiazole rings is 1. The monoisotopic (exact) mass is 816 g/mol. The molecule has 2 heterocycles. The Bertz CT molecular complexity index is 1970. The van der Waals surface area contributed by atoms with Gasteiger partial charge < -0.3 is 19.3 Å². The lowest BCUT2D eigenvalue weighted by atomic mass is 9.75. The number of nitrogens with one attached hydrogen (secondary N) is 1. The summed E-state index contributed by atoms with van der Waals surface area (Å²) in [6.07, 6.45) is 8.42. The standard InChI is InChI=1S/C30H32Cl2N2O6S4.C4H11N.C2H6/c1-30(2)18-20(14-28-33(9-3-11-43(35,36)37)24-16-22(31)5-7-26(24)41-28)13-21(19-30)15-29-34(10-4-12-44(38,39)40)25-17-23(32)6-8-27(25)42-29;1-3-5-4-2;1-2/h5-8,13-17H,3-4,9-12,18-19H2,1-2H3,(H-,35,36,37,38,39,40);5H,3-4H2,1-2H3;1-2H3/p-1. The van der Waals surface area contributed by atoms with Gasteiger partial charge in [0, 0.05) is 51.6 Å². The van der Waals surface area contributed by atoms with Crippen molar-refractivity contribution in [3.63, 3.8) is 0 Å². The second-order valence-electron chi connectivity index (χ2n) is 12.7. The second-order valence-corrected chi connectivity index (χ2v) is 18.7. The maximum absolute atomic E-state index is 11.3. The molecule has 0 spiro atoms. The van der Waals surface area contributed by atoms with E-state index in [0.29, 0.717) is 23.1 Å². The van der Waals surface area contributed by atoms with Gasteiger partial charge in [-0.1, -0.05) is 93.9 Å². The molecule has 3 aromatic rings. The van der Waals surface area contributed by atoms with Gasteiger partial charge >= 0.3 is 0 Å². The van der Waals surface area contributed by atoms with Crippen molar-refractivity contribution in [2.24, 2.45) is 5.41 Å². The van der Waals surface area contributed by atoms with E-state index in [1.807, 2.05) is 59.7 Å². The quantitative estimate of drug-likeness (QED) is 0.141. The molecule has 1 aliphatic heterocycles. The molecular formula is C36H48Cl2N3O6S4-. The number of aryl methyl sites for hydroxylation is 1. The predicted octanol–water partition coefficient (Wildman–Crippen LogP) is 8.59. The minimum Gasteiger partial charge on any atom is -0.748 e. The van der Waals surface area contributed by atoms with Gasteiger partial charge in [0.05, 0.1) is 31.0 Å². The fourth-order valence-electron chi connectivity index (χ4n) is 5.88. The SMILES string of the molecule is CC.CC1(C)CC(/C=C2\Sc3ccc(Cl)cc3N2CCCS(=O)(=O)[O-])=CC(=C/c2sc3ccc(Cl)cc3[n+]2CCCS(=O)(=O)[O-])/C1.CCNCC. The fourth-order valence-corrected chi connectivity index (χ4v) is 9.47. The molecular weight excluding hydrogens is 770 g/mol. The molecule has 51 heavy (non-hydrogen) atoms. The molecule has 1 N–H and O–H groups in total. The Balaban J connectivity index is 0.000000923. The Kier molecular flexibility index (Phi) is 16.5. The first-order valence-corrected chi connectivity index (χ1v) is 22.6. The molecule has 2 aliphatic rings. The first-order valence-electron chi connectivity index (χ1n) is 17.0. The van der Waals surface area contributed by atoms with Gasteiger partial charge in [0.25, 0.3) is 5.01 Å². The van der Waals surface area contributed by atoms with Crippen LogP contribution in [0.2, 0.25) is 10.0 Å². The Morgan fingerprint density at radius 2 is 1.55 bits per heavy atom. The van der Waals surface area contributed by atoms with E-state index >= 15 is 0 Å². The van der Waals surface area contributed by atoms with E-state index in [1.54, 1.807) is 23.1 Å². The topological polar surface area (TPSA) is 134 Å². The maximum Gasteiger partial charge on any atom is 0.263 e. The van der Waals surface area contributed by atoms with Crippen LogP contribution in [0, 0.1) is 5.41 Å². The summed E-state index contributed by atoms with van der Waals surface area (Å²) in [5.74, 6) is -0.887. The fraction of sp³-hybridized carbons (Fsp3) is 0.472. The van der Waals surface area contributed by atoms with Gasteiger partial charge in [-0.25, -0.2) is 16.8 Å². The van der Waals surface area contributed by atoms with E-state index in [9.17, 15) is 25.9 Å². The number of benzene rings is 2. The molecule has 2 aromatic carbocycles. The van der Waals surface area contributed by atoms with E-state index in [4.69, 9.17) is 23.2 Å². The molecule has 0 bridgehead atoms. The largest absolute Gasteiger partial charge is 0.748 e. The van der Waals surface area contributed by atoms with Crippen LogP contribution in [0.4, 0.5) is 5.69 Å². The third-order valence-corrected chi connectivity index (χ3v) is 12.1. The normalized spacial score (nSPS) is 17.1. The molecule has 9 nitrogen and oxygen atoms in total. The smallest absolute Gasteiger partial charge is 0.263 e. The van der Waals surface area contributed by atoms with Gasteiger partial charge in [0.2, 0.25) is 5.52 Å². The lowest BCUT2D eigenvalue weighted by Crippen LogP contribution is -2.36. The second kappa shape index (κ2) is 19.4. The maximum atomic E-state index is 11.3. The van der Waals surface area contributed by atoms with E-state index < -0.39 is 31.7 Å². The number of aromatic nitrogens is 1. The zero-order valence-corrected chi connectivity index (χ0v) is 34.8. The van der Waals surface area contributed by atoms with Crippen LogP contribution in [0.5, 0.6) is 0 Å². The lowest BCUT2D eigenvalue weighted by molar-refractivity contribution is -0.668. The number of hydrogen-bond donors (Lipinski definition) is 1. The van der Waals surface area contributed by atoms with Crippen LogP contribution in [0.1, 0.15) is 72.2 Å². The van der Waals surface area contributed by atoms with Crippen LogP contribution in [0.25, 0.3) is 16.3 Å². The van der Waals surface area contributed by atoms with Crippen molar-refractivity contribution in [3.8, 4) is 0 Å². The molecule has 0 saturated heterocycles. The van der Waals surface area contributed by atoms with Crippen molar-refractivity contribution in [2.45, 2.75) is 78.7 Å². The van der Waals surface area contributed by atoms with Gasteiger partial charge in [-0.05, 0) is 85.3 Å². The molecule has 0 radical (unpaired) electrons. The summed E-state index contributed by atoms with van der Waals surface area (Å²) >= 11 is 15.8. The summed E-state index contributed by atoms with van der Waals surface area (Å²) in [5, 5.41) is 6.11. The molecule has 282 valence electrons. The van der Waals surface area contributed by atoms with Gasteiger partial charge in [-0.2, -0.15) is 4.57 Å². The average Bonchev–Trinajstić information content (AvgIpc) is 3.53. The molecule has 0 unspecified atom stereocenters. The highest BCUT2D eigenvalue weighted by Crippen LogP contribution is 2.49. The molecule has 0 amide bonds. The summed E-state index contributed by atoms with van der Waals surface area (Å²) in [6.45, 7) is 15.5. The number of allylic oxidation sites excluding steroid dienone is 4. The highest BCUT2D eigenvalue weighted by atomic mass is 35.5. The third-order valence-electron chi connectivity index (χ3n) is 7.79. The van der Waals surface area contributed by atoms with Gasteiger partial charge in [0.1, 0.15) is 4.70 Å². The first kappa shape index (κ1) is 43.5. The number of anilines is 1. The number of halogens is 2. The van der Waals surface area contributed by atoms with Crippen molar-refractivity contribution >= 4 is 88.5 Å². The zero-order chi connectivity index (χ0) is 38.0. The van der Waals surface area contributed by atoms with E-state index in [-0.39, 0.29) is 18.3 Å². The molecule has 1 aromatic heterocycles. The van der Waals surface area contributed by atoms with Gasteiger partial charge in [-0.15, -0.1) is 0 Å². The van der Waals surface area contributed by atoms with Crippen molar-refractivity contribution in [1.82, 2.24) is 5.32 Å². The van der Waals surface area contributed by atoms with Crippen LogP contribution in [-0.4, -0.2) is 57.1 Å². The van der Waals surface area contributed by atoms with Crippen molar-refractivity contribution in [3.05, 3.63) is 79.8 Å². The Morgan fingerprint density at radius 1 is 0.922 bits per heavy atom.